The van der Waals surface area contributed by atoms with E-state index >= 15 is 0 Å². The first-order valence-corrected chi connectivity index (χ1v) is 8.61. The third-order valence-electron chi connectivity index (χ3n) is 1.31. The highest BCUT2D eigenvalue weighted by atomic mass is 32.2. The van der Waals surface area contributed by atoms with Crippen LogP contribution in [0.5, 0.6) is 0 Å². The summed E-state index contributed by atoms with van der Waals surface area (Å²) in [7, 11) is -5.69. The zero-order chi connectivity index (χ0) is 13.0. The Morgan fingerprint density at radius 2 is 1.38 bits per heavy atom. The van der Waals surface area contributed by atoms with Crippen LogP contribution in [0.3, 0.4) is 0 Å². The third kappa shape index (κ3) is 8.58. The Balaban J connectivity index is 0.000000385. The lowest BCUT2D eigenvalue weighted by molar-refractivity contribution is 0.463. The molecule has 0 unspecified atom stereocenters. The molecule has 0 aliphatic carbocycles. The molecular formula is C10H16O4S2. The van der Waals surface area contributed by atoms with E-state index in [1.807, 2.05) is 6.92 Å². The zero-order valence-electron chi connectivity index (χ0n) is 9.76. The Morgan fingerprint density at radius 3 is 1.62 bits per heavy atom. The van der Waals surface area contributed by atoms with Crippen molar-refractivity contribution in [1.29, 1.82) is 0 Å². The fraction of sp³-hybridized carbons (Fsp3) is 0.400. The van der Waals surface area contributed by atoms with Crippen LogP contribution in [0.1, 0.15) is 5.56 Å². The van der Waals surface area contributed by atoms with Crippen LogP contribution < -0.4 is 0 Å². The van der Waals surface area contributed by atoms with Crippen LogP contribution in [0.25, 0.3) is 0 Å². The summed E-state index contributed by atoms with van der Waals surface area (Å²) in [6, 6.07) is 5.78. The van der Waals surface area contributed by atoms with Crippen molar-refractivity contribution in [3.05, 3.63) is 29.8 Å². The van der Waals surface area contributed by atoms with Crippen molar-refractivity contribution in [2.24, 2.45) is 0 Å². The summed E-state index contributed by atoms with van der Waals surface area (Å²) in [5.74, 6) is 0. The molecule has 0 aliphatic heterocycles. The molecule has 1 rings (SSSR count). The van der Waals surface area contributed by atoms with Gasteiger partial charge in [0.1, 0.15) is 28.9 Å². The number of aryl methyl sites for hydroxylation is 1. The predicted molar refractivity (Wildman–Crippen MR) is 65.0 cm³/mol. The summed E-state index contributed by atoms with van der Waals surface area (Å²) in [6.45, 7) is 1.82. The number of rotatable bonds is 1. The summed E-state index contributed by atoms with van der Waals surface area (Å²) in [6.07, 6.45) is 5.15. The highest BCUT2D eigenvalue weighted by Crippen LogP contribution is 2.08. The molecule has 0 N–H and O–H groups in total. The maximum atomic E-state index is 10.4. The van der Waals surface area contributed by atoms with Gasteiger partial charge in [0, 0.05) is 0 Å². The zero-order valence-corrected chi connectivity index (χ0v) is 11.4. The van der Waals surface area contributed by atoms with E-state index in [9.17, 15) is 17.2 Å². The van der Waals surface area contributed by atoms with E-state index < -0.39 is 20.1 Å². The van der Waals surface area contributed by atoms with Crippen molar-refractivity contribution >= 4 is 20.1 Å². The molecule has 0 radical (unpaired) electrons. The first-order valence-electron chi connectivity index (χ1n) is 4.42. The lowest BCUT2D eigenvalue weighted by atomic mass is 10.2. The van der Waals surface area contributed by atoms with Gasteiger partial charge in [-0.05, 0) is 19.1 Å². The monoisotopic (exact) mass is 264 g/mol. The van der Waals surface area contributed by atoms with Gasteiger partial charge in [0.15, 0.2) is 0 Å². The van der Waals surface area contributed by atoms with Gasteiger partial charge in [0.2, 0.25) is 0 Å². The van der Waals surface area contributed by atoms with E-state index in [-0.39, 0.29) is 4.90 Å². The van der Waals surface area contributed by atoms with E-state index in [0.29, 0.717) is 0 Å². The van der Waals surface area contributed by atoms with Crippen molar-refractivity contribution in [1.82, 2.24) is 0 Å². The van der Waals surface area contributed by atoms with Crippen LogP contribution in [-0.4, -0.2) is 31.7 Å². The maximum Gasteiger partial charge on any atom is 0.124 e. The topological polar surface area (TPSA) is 74.3 Å². The van der Waals surface area contributed by atoms with Crippen LogP contribution in [0.2, 0.25) is 0 Å². The Kier molecular flexibility index (Phi) is 5.31. The fourth-order valence-electron chi connectivity index (χ4n) is 0.705. The standard InChI is InChI=1S/C7H8O3S.C3H9OS/c1-6-2-4-7(5-3-6)11(8,9)10;1-5(2,3)4/h2-5H,1H3,(H,8,9,10);1-3H3/q;+1/p-1. The summed E-state index contributed by atoms with van der Waals surface area (Å²) >= 11 is 0. The molecule has 6 heteroatoms. The van der Waals surface area contributed by atoms with Gasteiger partial charge in [-0.3, -0.25) is 0 Å². The van der Waals surface area contributed by atoms with Gasteiger partial charge in [0.05, 0.1) is 14.8 Å². The van der Waals surface area contributed by atoms with Crippen molar-refractivity contribution in [2.45, 2.75) is 11.8 Å². The number of hydrogen-bond donors (Lipinski definition) is 0. The minimum absolute atomic E-state index is 0.178. The van der Waals surface area contributed by atoms with E-state index in [4.69, 9.17) is 0 Å². The Labute approximate surface area is 97.9 Å². The van der Waals surface area contributed by atoms with Crippen molar-refractivity contribution in [2.75, 3.05) is 18.8 Å². The third-order valence-corrected chi connectivity index (χ3v) is 2.16. The van der Waals surface area contributed by atoms with Crippen LogP contribution >= 0.6 is 0 Å². The van der Waals surface area contributed by atoms with Crippen LogP contribution in [-0.2, 0) is 24.3 Å². The highest BCUT2D eigenvalue weighted by molar-refractivity contribution is 8.00. The smallest absolute Gasteiger partial charge is 0.124 e. The lowest BCUT2D eigenvalue weighted by Gasteiger charge is -2.05. The van der Waals surface area contributed by atoms with Crippen LogP contribution in [0.15, 0.2) is 29.2 Å². The van der Waals surface area contributed by atoms with E-state index in [0.717, 1.165) is 5.56 Å². The predicted octanol–water partition coefficient (Wildman–Crippen LogP) is 1.27. The molecule has 4 nitrogen and oxygen atoms in total. The Bertz CT molecular complexity index is 460. The molecule has 92 valence electrons. The molecule has 0 aliphatic rings. The molecule has 0 amide bonds. The average Bonchev–Trinajstić information content (AvgIpc) is 1.99. The molecule has 0 bridgehead atoms. The summed E-state index contributed by atoms with van der Waals surface area (Å²) in [5.41, 5.74) is 0.928. The maximum absolute atomic E-state index is 10.4. The quantitative estimate of drug-likeness (QED) is 0.565. The van der Waals surface area contributed by atoms with Crippen molar-refractivity contribution < 1.29 is 17.2 Å². The summed E-state index contributed by atoms with van der Waals surface area (Å²) in [4.78, 5) is -0.178. The minimum atomic E-state index is -4.27. The first-order chi connectivity index (χ1) is 7.00. The van der Waals surface area contributed by atoms with Gasteiger partial charge >= 0.3 is 0 Å². The molecule has 0 atom stereocenters. The highest BCUT2D eigenvalue weighted by Gasteiger charge is 1.97. The number of hydrogen-bond acceptors (Lipinski definition) is 4. The van der Waals surface area contributed by atoms with Gasteiger partial charge in [-0.1, -0.05) is 17.7 Å². The molecule has 0 fully saturated rings. The largest absolute Gasteiger partial charge is 0.744 e. The molecule has 1 aromatic rings. The Hall–Kier alpha value is -0.720. The Morgan fingerprint density at radius 1 is 1.06 bits per heavy atom. The van der Waals surface area contributed by atoms with E-state index in [1.54, 1.807) is 30.9 Å². The minimum Gasteiger partial charge on any atom is -0.744 e. The SMILES string of the molecule is C[S+](C)(C)=O.Cc1ccc(S(=O)(=O)[O-])cc1. The van der Waals surface area contributed by atoms with E-state index in [1.165, 1.54) is 12.1 Å². The van der Waals surface area contributed by atoms with Crippen molar-refractivity contribution in [3.63, 3.8) is 0 Å². The molecule has 0 aromatic heterocycles. The summed E-state index contributed by atoms with van der Waals surface area (Å²) < 4.78 is 41.4. The van der Waals surface area contributed by atoms with E-state index in [2.05, 4.69) is 0 Å². The second-order valence-corrected chi connectivity index (χ2v) is 8.82. The molecule has 0 saturated heterocycles. The fourth-order valence-corrected chi connectivity index (χ4v) is 1.17. The summed E-state index contributed by atoms with van der Waals surface area (Å²) in [5, 5.41) is 0. The molecule has 1 aromatic carbocycles. The van der Waals surface area contributed by atoms with Crippen molar-refractivity contribution in [3.8, 4) is 0 Å². The van der Waals surface area contributed by atoms with Gasteiger partial charge in [-0.25, -0.2) is 8.42 Å². The lowest BCUT2D eigenvalue weighted by Crippen LogP contribution is -1.97. The van der Waals surface area contributed by atoms with Gasteiger partial charge in [-0.15, -0.1) is 4.21 Å². The molecule has 0 saturated carbocycles. The van der Waals surface area contributed by atoms with Gasteiger partial charge in [-0.2, -0.15) is 0 Å². The molecule has 0 spiro atoms. The van der Waals surface area contributed by atoms with Gasteiger partial charge < -0.3 is 4.55 Å². The molecule has 16 heavy (non-hydrogen) atoms. The second kappa shape index (κ2) is 5.56. The average molecular weight is 264 g/mol. The number of benzene rings is 1. The normalized spacial score (nSPS) is 11.6. The molecular weight excluding hydrogens is 248 g/mol. The van der Waals surface area contributed by atoms with Gasteiger partial charge in [0.25, 0.3) is 0 Å². The first kappa shape index (κ1) is 15.3. The molecule has 0 heterocycles. The van der Waals surface area contributed by atoms with Crippen LogP contribution in [0, 0.1) is 6.92 Å². The second-order valence-electron chi connectivity index (χ2n) is 3.99. The van der Waals surface area contributed by atoms with Crippen LogP contribution in [0.4, 0.5) is 0 Å².